The van der Waals surface area contributed by atoms with Crippen molar-refractivity contribution >= 4 is 0 Å². The molecule has 0 aliphatic carbocycles. The lowest BCUT2D eigenvalue weighted by Gasteiger charge is -2.39. The molecular formula is C10H14N2O. The van der Waals surface area contributed by atoms with Crippen molar-refractivity contribution in [3.63, 3.8) is 0 Å². The fourth-order valence-corrected chi connectivity index (χ4v) is 1.42. The van der Waals surface area contributed by atoms with E-state index in [0.29, 0.717) is 0 Å². The number of hydrogen-bond acceptors (Lipinski definition) is 3. The van der Waals surface area contributed by atoms with E-state index >= 15 is 0 Å². The normalized spacial score (nSPS) is 19.2. The van der Waals surface area contributed by atoms with Crippen LogP contribution in [0.25, 0.3) is 0 Å². The smallest absolute Gasteiger partial charge is 0.138 e. The van der Waals surface area contributed by atoms with Crippen LogP contribution in [0.5, 0.6) is 5.75 Å². The van der Waals surface area contributed by atoms with Crippen LogP contribution < -0.4 is 10.1 Å². The number of nitrogens with one attached hydrogen (secondary N) is 1. The summed E-state index contributed by atoms with van der Waals surface area (Å²) >= 11 is 0. The second-order valence-corrected chi connectivity index (χ2v) is 3.85. The lowest BCUT2D eigenvalue weighted by Crippen LogP contribution is -2.61. The van der Waals surface area contributed by atoms with Gasteiger partial charge in [-0.25, -0.2) is 0 Å². The first-order valence-corrected chi connectivity index (χ1v) is 4.49. The Morgan fingerprint density at radius 2 is 2.23 bits per heavy atom. The molecule has 0 spiro atoms. The third-order valence-corrected chi connectivity index (χ3v) is 2.21. The Morgan fingerprint density at radius 3 is 2.77 bits per heavy atom. The summed E-state index contributed by atoms with van der Waals surface area (Å²) in [4.78, 5) is 4.08. The van der Waals surface area contributed by atoms with Gasteiger partial charge in [-0.1, -0.05) is 0 Å². The zero-order valence-electron chi connectivity index (χ0n) is 8.00. The third kappa shape index (κ3) is 1.80. The lowest BCUT2D eigenvalue weighted by atomic mass is 10.00. The van der Waals surface area contributed by atoms with E-state index in [1.807, 2.05) is 19.2 Å². The van der Waals surface area contributed by atoms with E-state index in [1.54, 1.807) is 6.20 Å². The number of rotatable bonds is 2. The highest BCUT2D eigenvalue weighted by atomic mass is 16.5. The molecule has 1 fully saturated rings. The van der Waals surface area contributed by atoms with Crippen LogP contribution >= 0.6 is 0 Å². The molecule has 1 aliphatic rings. The van der Waals surface area contributed by atoms with Crippen molar-refractivity contribution < 1.29 is 4.74 Å². The van der Waals surface area contributed by atoms with Gasteiger partial charge < -0.3 is 10.1 Å². The molecule has 13 heavy (non-hydrogen) atoms. The minimum Gasteiger partial charge on any atom is -0.483 e. The first-order valence-electron chi connectivity index (χ1n) is 4.49. The van der Waals surface area contributed by atoms with Crippen LogP contribution in [0.15, 0.2) is 18.5 Å². The molecule has 0 bridgehead atoms. The van der Waals surface area contributed by atoms with Gasteiger partial charge in [-0.15, -0.1) is 0 Å². The first-order chi connectivity index (χ1) is 6.18. The predicted octanol–water partition coefficient (Wildman–Crippen LogP) is 1.13. The molecular weight excluding hydrogens is 164 g/mol. The van der Waals surface area contributed by atoms with E-state index in [9.17, 15) is 0 Å². The topological polar surface area (TPSA) is 34.1 Å². The second-order valence-electron chi connectivity index (χ2n) is 3.85. The van der Waals surface area contributed by atoms with Crippen molar-refractivity contribution in [1.82, 2.24) is 10.3 Å². The molecule has 3 nitrogen and oxygen atoms in total. The molecule has 0 aromatic carbocycles. The van der Waals surface area contributed by atoms with Gasteiger partial charge >= 0.3 is 0 Å². The highest BCUT2D eigenvalue weighted by molar-refractivity contribution is 5.23. The van der Waals surface area contributed by atoms with Crippen LogP contribution in [-0.4, -0.2) is 23.7 Å². The standard InChI is InChI=1S/C10H14N2O/c1-8-3-9(5-11-4-8)13-10(2)6-12-7-10/h3-5,12H,6-7H2,1-2H3. The van der Waals surface area contributed by atoms with Gasteiger partial charge in [0.05, 0.1) is 6.20 Å². The maximum absolute atomic E-state index is 5.79. The Morgan fingerprint density at radius 1 is 1.46 bits per heavy atom. The first kappa shape index (κ1) is 8.51. The fraction of sp³-hybridized carbons (Fsp3) is 0.500. The summed E-state index contributed by atoms with van der Waals surface area (Å²) in [7, 11) is 0. The second kappa shape index (κ2) is 3.00. The van der Waals surface area contributed by atoms with E-state index < -0.39 is 0 Å². The quantitative estimate of drug-likeness (QED) is 0.737. The maximum Gasteiger partial charge on any atom is 0.138 e. The van der Waals surface area contributed by atoms with Gasteiger partial charge in [0.2, 0.25) is 0 Å². The highest BCUT2D eigenvalue weighted by Gasteiger charge is 2.33. The van der Waals surface area contributed by atoms with Crippen LogP contribution in [0.2, 0.25) is 0 Å². The van der Waals surface area contributed by atoms with E-state index in [0.717, 1.165) is 24.4 Å². The summed E-state index contributed by atoms with van der Waals surface area (Å²) in [5.41, 5.74) is 1.10. The van der Waals surface area contributed by atoms with Gasteiger partial charge in [0.25, 0.3) is 0 Å². The van der Waals surface area contributed by atoms with Gasteiger partial charge in [-0.05, 0) is 25.5 Å². The average molecular weight is 178 g/mol. The van der Waals surface area contributed by atoms with Gasteiger partial charge in [0, 0.05) is 19.3 Å². The van der Waals surface area contributed by atoms with Gasteiger partial charge in [0.15, 0.2) is 0 Å². The number of pyridine rings is 1. The molecule has 1 aromatic heterocycles. The van der Waals surface area contributed by atoms with E-state index in [-0.39, 0.29) is 5.60 Å². The third-order valence-electron chi connectivity index (χ3n) is 2.21. The summed E-state index contributed by atoms with van der Waals surface area (Å²) in [6.07, 6.45) is 3.59. The monoisotopic (exact) mass is 178 g/mol. The van der Waals surface area contributed by atoms with Crippen molar-refractivity contribution in [2.45, 2.75) is 19.4 Å². The molecule has 0 amide bonds. The van der Waals surface area contributed by atoms with Gasteiger partial charge in [-0.2, -0.15) is 0 Å². The van der Waals surface area contributed by atoms with E-state index in [4.69, 9.17) is 4.74 Å². The zero-order chi connectivity index (χ0) is 9.31. The Kier molecular flexibility index (Phi) is 1.96. The SMILES string of the molecule is Cc1cncc(OC2(C)CNC2)c1. The molecule has 0 unspecified atom stereocenters. The van der Waals surface area contributed by atoms with E-state index in [2.05, 4.69) is 17.2 Å². The average Bonchev–Trinajstić information content (AvgIpc) is 2.01. The molecule has 0 saturated carbocycles. The maximum atomic E-state index is 5.79. The number of aromatic nitrogens is 1. The van der Waals surface area contributed by atoms with Crippen LogP contribution in [0.1, 0.15) is 12.5 Å². The summed E-state index contributed by atoms with van der Waals surface area (Å²) in [5.74, 6) is 0.865. The van der Waals surface area contributed by atoms with Crippen molar-refractivity contribution in [3.8, 4) is 5.75 Å². The van der Waals surface area contributed by atoms with Crippen LogP contribution in [0, 0.1) is 6.92 Å². The number of ether oxygens (including phenoxy) is 1. The van der Waals surface area contributed by atoms with Gasteiger partial charge in [0.1, 0.15) is 11.4 Å². The number of nitrogens with zero attached hydrogens (tertiary/aromatic N) is 1. The van der Waals surface area contributed by atoms with Crippen molar-refractivity contribution in [2.75, 3.05) is 13.1 Å². The molecule has 2 rings (SSSR count). The highest BCUT2D eigenvalue weighted by Crippen LogP contribution is 2.21. The molecule has 2 heterocycles. The van der Waals surface area contributed by atoms with Crippen LogP contribution in [0.4, 0.5) is 0 Å². The Bertz CT molecular complexity index is 308. The van der Waals surface area contributed by atoms with Crippen molar-refractivity contribution in [2.24, 2.45) is 0 Å². The Labute approximate surface area is 78.1 Å². The fourth-order valence-electron chi connectivity index (χ4n) is 1.42. The minimum absolute atomic E-state index is 0.0323. The molecule has 3 heteroatoms. The van der Waals surface area contributed by atoms with Crippen LogP contribution in [0.3, 0.4) is 0 Å². The molecule has 1 aromatic rings. The zero-order valence-corrected chi connectivity index (χ0v) is 8.00. The molecule has 0 atom stereocenters. The summed E-state index contributed by atoms with van der Waals surface area (Å²) < 4.78 is 5.79. The molecule has 1 N–H and O–H groups in total. The summed E-state index contributed by atoms with van der Waals surface area (Å²) in [6.45, 7) is 5.95. The van der Waals surface area contributed by atoms with Crippen molar-refractivity contribution in [3.05, 3.63) is 24.0 Å². The lowest BCUT2D eigenvalue weighted by molar-refractivity contribution is 0.0345. The molecule has 1 aliphatic heterocycles. The molecule has 0 radical (unpaired) electrons. The van der Waals surface area contributed by atoms with Crippen LogP contribution in [-0.2, 0) is 0 Å². The van der Waals surface area contributed by atoms with E-state index in [1.165, 1.54) is 0 Å². The number of hydrogen-bond donors (Lipinski definition) is 1. The predicted molar refractivity (Wildman–Crippen MR) is 50.9 cm³/mol. The Hall–Kier alpha value is -1.09. The summed E-state index contributed by atoms with van der Waals surface area (Å²) in [6, 6.07) is 2.01. The molecule has 1 saturated heterocycles. The van der Waals surface area contributed by atoms with Crippen molar-refractivity contribution in [1.29, 1.82) is 0 Å². The minimum atomic E-state index is -0.0323. The molecule has 70 valence electrons. The largest absolute Gasteiger partial charge is 0.483 e. The number of aryl methyl sites for hydroxylation is 1. The Balaban J connectivity index is 2.09. The summed E-state index contributed by atoms with van der Waals surface area (Å²) in [5, 5.41) is 3.19. The van der Waals surface area contributed by atoms with Gasteiger partial charge in [-0.3, -0.25) is 4.98 Å².